The molecule has 0 saturated heterocycles. The Morgan fingerprint density at radius 1 is 1.10 bits per heavy atom. The number of halogens is 5. The van der Waals surface area contributed by atoms with Gasteiger partial charge in [0.25, 0.3) is 0 Å². The Labute approximate surface area is 55.0 Å². The molecule has 5 heteroatoms. The van der Waals surface area contributed by atoms with Crippen LogP contribution >= 0.6 is 0 Å². The van der Waals surface area contributed by atoms with Crippen LogP contribution in [-0.2, 0) is 0 Å². The summed E-state index contributed by atoms with van der Waals surface area (Å²) < 4.78 is 57.2. The number of alkyl halides is 5. The van der Waals surface area contributed by atoms with E-state index in [2.05, 4.69) is 0 Å². The third-order valence-corrected chi connectivity index (χ3v) is 1.11. The summed E-state index contributed by atoms with van der Waals surface area (Å²) >= 11 is 0. The maximum absolute atomic E-state index is 11.5. The van der Waals surface area contributed by atoms with Crippen molar-refractivity contribution in [3.05, 3.63) is 0 Å². The summed E-state index contributed by atoms with van der Waals surface area (Å²) in [4.78, 5) is 0. The van der Waals surface area contributed by atoms with Gasteiger partial charge in [0.1, 0.15) is 6.67 Å². The van der Waals surface area contributed by atoms with Crippen LogP contribution in [0.5, 0.6) is 0 Å². The Bertz CT molecular complexity index is 86.5. The second-order valence-electron chi connectivity index (χ2n) is 1.87. The molecule has 0 bridgehead atoms. The fourth-order valence-electron chi connectivity index (χ4n) is 0.460. The van der Waals surface area contributed by atoms with Crippen LogP contribution in [0.2, 0.25) is 0 Å². The van der Waals surface area contributed by atoms with Crippen LogP contribution in [0, 0.1) is 5.92 Å². The Balaban J connectivity index is 3.81. The molecule has 0 aliphatic carbocycles. The van der Waals surface area contributed by atoms with Crippen LogP contribution in [-0.4, -0.2) is 19.5 Å². The fraction of sp³-hybridized carbons (Fsp3) is 1.00. The van der Waals surface area contributed by atoms with Gasteiger partial charge < -0.3 is 0 Å². The maximum Gasteiger partial charge on any atom is 0.394 e. The third kappa shape index (κ3) is 2.98. The van der Waals surface area contributed by atoms with Crippen LogP contribution in [0.3, 0.4) is 0 Å². The lowest BCUT2D eigenvalue weighted by Crippen LogP contribution is -2.25. The van der Waals surface area contributed by atoms with Gasteiger partial charge in [0.2, 0.25) is 0 Å². The molecule has 0 spiro atoms. The van der Waals surface area contributed by atoms with Crippen LogP contribution in [0.4, 0.5) is 22.0 Å². The van der Waals surface area contributed by atoms with Crippen molar-refractivity contribution in [2.24, 2.45) is 5.92 Å². The van der Waals surface area contributed by atoms with Crippen molar-refractivity contribution < 1.29 is 22.0 Å². The topological polar surface area (TPSA) is 0 Å². The van der Waals surface area contributed by atoms with Gasteiger partial charge in [-0.15, -0.1) is 0 Å². The molecule has 0 saturated carbocycles. The predicted molar refractivity (Wildman–Crippen MR) is 26.1 cm³/mol. The summed E-state index contributed by atoms with van der Waals surface area (Å²) in [5.74, 6) is -2.13. The minimum Gasteiger partial charge on any atom is -0.251 e. The van der Waals surface area contributed by atoms with Crippen LogP contribution in [0.1, 0.15) is 6.42 Å². The van der Waals surface area contributed by atoms with Crippen molar-refractivity contribution in [2.75, 3.05) is 13.3 Å². The zero-order valence-corrected chi connectivity index (χ0v) is 5.09. The van der Waals surface area contributed by atoms with E-state index in [1.807, 2.05) is 0 Å². The first-order valence-electron chi connectivity index (χ1n) is 2.71. The van der Waals surface area contributed by atoms with Crippen molar-refractivity contribution in [3.63, 3.8) is 0 Å². The maximum atomic E-state index is 11.5. The van der Waals surface area contributed by atoms with Crippen molar-refractivity contribution in [1.82, 2.24) is 0 Å². The molecule has 0 aliphatic rings. The largest absolute Gasteiger partial charge is 0.394 e. The monoisotopic (exact) mass is 162 g/mol. The highest BCUT2D eigenvalue weighted by Gasteiger charge is 2.38. The molecule has 0 nitrogen and oxygen atoms in total. The van der Waals surface area contributed by atoms with Crippen molar-refractivity contribution >= 4 is 0 Å². The standard InChI is InChI=1S/C5H7F5/c6-2-1-4(3-7)5(8,9)10/h4H,1-3H2. The molecule has 1 atom stereocenters. The molecule has 0 aromatic heterocycles. The van der Waals surface area contributed by atoms with Gasteiger partial charge in [0.15, 0.2) is 0 Å². The normalized spacial score (nSPS) is 15.3. The molecule has 0 radical (unpaired) electrons. The molecule has 0 fully saturated rings. The van der Waals surface area contributed by atoms with Gasteiger partial charge in [0.05, 0.1) is 12.6 Å². The first kappa shape index (κ1) is 9.65. The summed E-state index contributed by atoms with van der Waals surface area (Å²) in [5.41, 5.74) is 0. The van der Waals surface area contributed by atoms with E-state index in [1.54, 1.807) is 0 Å². The molecule has 10 heavy (non-hydrogen) atoms. The molecule has 62 valence electrons. The number of hydrogen-bond donors (Lipinski definition) is 0. The van der Waals surface area contributed by atoms with E-state index >= 15 is 0 Å². The molecule has 1 unspecified atom stereocenters. The minimum absolute atomic E-state index is 0.778. The Hall–Kier alpha value is -0.350. The van der Waals surface area contributed by atoms with Crippen LogP contribution in [0.15, 0.2) is 0 Å². The lowest BCUT2D eigenvalue weighted by Gasteiger charge is -2.14. The molecule has 0 amide bonds. The van der Waals surface area contributed by atoms with E-state index in [4.69, 9.17) is 0 Å². The molecule has 0 aromatic carbocycles. The van der Waals surface area contributed by atoms with E-state index in [0.717, 1.165) is 0 Å². The average Bonchev–Trinajstić information content (AvgIpc) is 1.80. The van der Waals surface area contributed by atoms with E-state index in [9.17, 15) is 22.0 Å². The lowest BCUT2D eigenvalue weighted by atomic mass is 10.1. The predicted octanol–water partition coefficient (Wildman–Crippen LogP) is 2.49. The highest BCUT2D eigenvalue weighted by molar-refractivity contribution is 4.65. The second kappa shape index (κ2) is 3.73. The van der Waals surface area contributed by atoms with E-state index in [1.165, 1.54) is 0 Å². The number of rotatable bonds is 3. The average molecular weight is 162 g/mol. The Morgan fingerprint density at radius 2 is 1.60 bits per heavy atom. The molecular weight excluding hydrogens is 155 g/mol. The zero-order valence-electron chi connectivity index (χ0n) is 5.09. The first-order chi connectivity index (χ1) is 4.52. The van der Waals surface area contributed by atoms with Gasteiger partial charge >= 0.3 is 6.18 Å². The van der Waals surface area contributed by atoms with E-state index in [-0.39, 0.29) is 0 Å². The quantitative estimate of drug-likeness (QED) is 0.559. The lowest BCUT2D eigenvalue weighted by molar-refractivity contribution is -0.180. The molecule has 0 aromatic rings. The van der Waals surface area contributed by atoms with E-state index in [0.29, 0.717) is 0 Å². The summed E-state index contributed by atoms with van der Waals surface area (Å²) in [7, 11) is 0. The van der Waals surface area contributed by atoms with Gasteiger partial charge in [-0.3, -0.25) is 8.78 Å². The SMILES string of the molecule is FCCC(CF)C(F)(F)F. The molecule has 0 rings (SSSR count). The van der Waals surface area contributed by atoms with Crippen LogP contribution in [0.25, 0.3) is 0 Å². The molecular formula is C5H7F5. The zero-order chi connectivity index (χ0) is 8.20. The van der Waals surface area contributed by atoms with Crippen molar-refractivity contribution in [2.45, 2.75) is 12.6 Å². The Kier molecular flexibility index (Phi) is 3.60. The summed E-state index contributed by atoms with van der Waals surface area (Å²) in [5, 5.41) is 0. The summed E-state index contributed by atoms with van der Waals surface area (Å²) in [6, 6.07) is 0. The van der Waals surface area contributed by atoms with E-state index < -0.39 is 31.9 Å². The summed E-state index contributed by atoms with van der Waals surface area (Å²) in [6.07, 6.45) is -5.37. The van der Waals surface area contributed by atoms with Gasteiger partial charge in [0, 0.05) is 0 Å². The van der Waals surface area contributed by atoms with Crippen molar-refractivity contribution in [3.8, 4) is 0 Å². The van der Waals surface area contributed by atoms with Gasteiger partial charge in [-0.2, -0.15) is 13.2 Å². The second-order valence-corrected chi connectivity index (χ2v) is 1.87. The highest BCUT2D eigenvalue weighted by atomic mass is 19.4. The van der Waals surface area contributed by atoms with Gasteiger partial charge in [-0.05, 0) is 6.42 Å². The van der Waals surface area contributed by atoms with Gasteiger partial charge in [-0.25, -0.2) is 0 Å². The number of hydrogen-bond acceptors (Lipinski definition) is 0. The minimum atomic E-state index is -4.60. The molecule has 0 N–H and O–H groups in total. The summed E-state index contributed by atoms with van der Waals surface area (Å²) in [6.45, 7) is -2.67. The molecule has 0 aliphatic heterocycles. The Morgan fingerprint density at radius 3 is 1.70 bits per heavy atom. The highest BCUT2D eigenvalue weighted by Crippen LogP contribution is 2.28. The van der Waals surface area contributed by atoms with Gasteiger partial charge in [-0.1, -0.05) is 0 Å². The molecule has 0 heterocycles. The van der Waals surface area contributed by atoms with Crippen molar-refractivity contribution in [1.29, 1.82) is 0 Å². The van der Waals surface area contributed by atoms with Crippen LogP contribution < -0.4 is 0 Å². The third-order valence-electron chi connectivity index (χ3n) is 1.11. The first-order valence-corrected chi connectivity index (χ1v) is 2.71. The smallest absolute Gasteiger partial charge is 0.251 e. The fourth-order valence-corrected chi connectivity index (χ4v) is 0.460.